The summed E-state index contributed by atoms with van der Waals surface area (Å²) in [4.78, 5) is 32.1. The standard InChI is InChI=1S/C20H21ClN4O4S2/c21-13-1-3-14(4-2-13)25-10-12(9-18(25)26)19(27)23-20-22-16-7-8-24(11-17(16)30-20)31(28,29)15-5-6-15/h1-4,12,15H,5-11H2,(H,22,23,27). The summed E-state index contributed by atoms with van der Waals surface area (Å²) in [6.07, 6.45) is 2.15. The first-order chi connectivity index (χ1) is 14.8. The lowest BCUT2D eigenvalue weighted by molar-refractivity contribution is -0.122. The molecule has 2 aromatic rings. The van der Waals surface area contributed by atoms with E-state index in [0.717, 1.165) is 23.4 Å². The number of carbonyl (C=O) groups excluding carboxylic acids is 2. The number of anilines is 2. The van der Waals surface area contributed by atoms with Crippen LogP contribution in [0.1, 0.15) is 29.8 Å². The summed E-state index contributed by atoms with van der Waals surface area (Å²) in [5.41, 5.74) is 1.55. The molecule has 8 nitrogen and oxygen atoms in total. The minimum Gasteiger partial charge on any atom is -0.312 e. The van der Waals surface area contributed by atoms with Gasteiger partial charge in [0.15, 0.2) is 5.13 Å². The fourth-order valence-corrected chi connectivity index (χ4v) is 7.02. The number of hydrogen-bond acceptors (Lipinski definition) is 6. The number of fused-ring (bicyclic) bond motifs is 1. The Bertz CT molecular complexity index is 1140. The van der Waals surface area contributed by atoms with Crippen molar-refractivity contribution < 1.29 is 18.0 Å². The van der Waals surface area contributed by atoms with Crippen LogP contribution in [-0.2, 0) is 32.6 Å². The maximum Gasteiger partial charge on any atom is 0.231 e. The van der Waals surface area contributed by atoms with Crippen molar-refractivity contribution in [3.05, 3.63) is 39.9 Å². The molecule has 11 heteroatoms. The average molecular weight is 481 g/mol. The van der Waals surface area contributed by atoms with E-state index in [4.69, 9.17) is 11.6 Å². The molecule has 1 atom stereocenters. The Hall–Kier alpha value is -2.01. The van der Waals surface area contributed by atoms with Crippen LogP contribution < -0.4 is 10.2 Å². The van der Waals surface area contributed by atoms with Crippen LogP contribution in [0.2, 0.25) is 5.02 Å². The van der Waals surface area contributed by atoms with Crippen LogP contribution in [0.3, 0.4) is 0 Å². The Labute approximate surface area is 189 Å². The van der Waals surface area contributed by atoms with Gasteiger partial charge in [0.2, 0.25) is 21.8 Å². The van der Waals surface area contributed by atoms with E-state index < -0.39 is 15.9 Å². The predicted octanol–water partition coefficient (Wildman–Crippen LogP) is 2.64. The molecule has 0 bridgehead atoms. The van der Waals surface area contributed by atoms with Crippen molar-refractivity contribution in [2.24, 2.45) is 5.92 Å². The van der Waals surface area contributed by atoms with E-state index in [1.165, 1.54) is 15.6 Å². The Balaban J connectivity index is 1.24. The van der Waals surface area contributed by atoms with Crippen LogP contribution in [-0.4, -0.2) is 47.9 Å². The van der Waals surface area contributed by atoms with E-state index in [0.29, 0.717) is 41.9 Å². The maximum atomic E-state index is 12.8. The minimum absolute atomic E-state index is 0.109. The number of thiazole rings is 1. The second-order valence-electron chi connectivity index (χ2n) is 8.09. The van der Waals surface area contributed by atoms with Crippen LogP contribution in [0, 0.1) is 5.92 Å². The number of carbonyl (C=O) groups is 2. The molecule has 1 N–H and O–H groups in total. The van der Waals surface area contributed by atoms with E-state index >= 15 is 0 Å². The number of nitrogens with zero attached hydrogens (tertiary/aromatic N) is 3. The van der Waals surface area contributed by atoms with Gasteiger partial charge < -0.3 is 10.2 Å². The highest BCUT2D eigenvalue weighted by Gasteiger charge is 2.41. The highest BCUT2D eigenvalue weighted by atomic mass is 35.5. The topological polar surface area (TPSA) is 99.7 Å². The molecule has 0 radical (unpaired) electrons. The summed E-state index contributed by atoms with van der Waals surface area (Å²) in [7, 11) is -3.23. The molecule has 164 valence electrons. The van der Waals surface area contributed by atoms with Gasteiger partial charge >= 0.3 is 0 Å². The predicted molar refractivity (Wildman–Crippen MR) is 119 cm³/mol. The third-order valence-corrected chi connectivity index (χ3v) is 9.46. The molecule has 1 saturated carbocycles. The van der Waals surface area contributed by atoms with Gasteiger partial charge in [-0.25, -0.2) is 13.4 Å². The number of halogens is 1. The fraction of sp³-hybridized carbons (Fsp3) is 0.450. The molecule has 2 aliphatic heterocycles. The van der Waals surface area contributed by atoms with Gasteiger partial charge in [-0.1, -0.05) is 11.6 Å². The van der Waals surface area contributed by atoms with Gasteiger partial charge in [-0.3, -0.25) is 9.59 Å². The molecular weight excluding hydrogens is 460 g/mol. The average Bonchev–Trinajstić information content (AvgIpc) is 3.42. The van der Waals surface area contributed by atoms with Crippen LogP contribution in [0.4, 0.5) is 10.8 Å². The number of hydrogen-bond donors (Lipinski definition) is 1. The Morgan fingerprint density at radius 3 is 2.68 bits per heavy atom. The molecule has 5 rings (SSSR count). The molecular formula is C20H21ClN4O4S2. The molecule has 31 heavy (non-hydrogen) atoms. The van der Waals surface area contributed by atoms with Gasteiger partial charge in [-0.2, -0.15) is 4.31 Å². The largest absolute Gasteiger partial charge is 0.312 e. The van der Waals surface area contributed by atoms with Gasteiger partial charge in [0.05, 0.1) is 16.9 Å². The first-order valence-corrected chi connectivity index (χ1v) is 12.9. The second-order valence-corrected chi connectivity index (χ2v) is 11.8. The first-order valence-electron chi connectivity index (χ1n) is 10.2. The zero-order valence-electron chi connectivity index (χ0n) is 16.6. The van der Waals surface area contributed by atoms with Crippen LogP contribution in [0.5, 0.6) is 0 Å². The molecule has 3 aliphatic rings. The number of rotatable bonds is 5. The van der Waals surface area contributed by atoms with E-state index in [1.54, 1.807) is 29.2 Å². The van der Waals surface area contributed by atoms with Crippen molar-refractivity contribution in [2.45, 2.75) is 37.5 Å². The Kier molecular flexibility index (Phi) is 5.28. The minimum atomic E-state index is -3.23. The quantitative estimate of drug-likeness (QED) is 0.709. The summed E-state index contributed by atoms with van der Waals surface area (Å²) in [6.45, 7) is 1.04. The third-order valence-electron chi connectivity index (χ3n) is 5.87. The number of aromatic nitrogens is 1. The summed E-state index contributed by atoms with van der Waals surface area (Å²) >= 11 is 7.22. The SMILES string of the molecule is O=C(Nc1nc2c(s1)CN(S(=O)(=O)C1CC1)CC2)C1CC(=O)N(c2ccc(Cl)cc2)C1. The molecule has 1 aliphatic carbocycles. The summed E-state index contributed by atoms with van der Waals surface area (Å²) in [5.74, 6) is -0.837. The molecule has 1 unspecified atom stereocenters. The van der Waals surface area contributed by atoms with E-state index in [-0.39, 0.29) is 23.5 Å². The van der Waals surface area contributed by atoms with Crippen molar-refractivity contribution in [1.29, 1.82) is 0 Å². The molecule has 3 heterocycles. The monoisotopic (exact) mass is 480 g/mol. The molecule has 2 fully saturated rings. The van der Waals surface area contributed by atoms with Crippen molar-refractivity contribution in [2.75, 3.05) is 23.3 Å². The Morgan fingerprint density at radius 1 is 1.23 bits per heavy atom. The van der Waals surface area contributed by atoms with E-state index in [2.05, 4.69) is 10.3 Å². The number of nitrogens with one attached hydrogen (secondary N) is 1. The molecule has 1 saturated heterocycles. The normalized spacial score (nSPS) is 21.9. The third kappa shape index (κ3) is 4.09. The first kappa shape index (κ1) is 20.9. The number of sulfonamides is 1. The van der Waals surface area contributed by atoms with Crippen LogP contribution in [0.15, 0.2) is 24.3 Å². The van der Waals surface area contributed by atoms with Crippen LogP contribution >= 0.6 is 22.9 Å². The summed E-state index contributed by atoms with van der Waals surface area (Å²) in [6, 6.07) is 6.95. The zero-order valence-corrected chi connectivity index (χ0v) is 19.0. The van der Waals surface area contributed by atoms with Crippen molar-refractivity contribution >= 4 is 55.6 Å². The van der Waals surface area contributed by atoms with Gasteiger partial charge in [-0.15, -0.1) is 11.3 Å². The highest BCUT2D eigenvalue weighted by Crippen LogP contribution is 2.36. The lowest BCUT2D eigenvalue weighted by Gasteiger charge is -2.25. The molecule has 1 aromatic heterocycles. The van der Waals surface area contributed by atoms with Crippen LogP contribution in [0.25, 0.3) is 0 Å². The lowest BCUT2D eigenvalue weighted by Crippen LogP contribution is -2.37. The smallest absolute Gasteiger partial charge is 0.231 e. The molecule has 1 aromatic carbocycles. The molecule has 0 spiro atoms. The van der Waals surface area contributed by atoms with E-state index in [1.807, 2.05) is 0 Å². The zero-order chi connectivity index (χ0) is 21.8. The van der Waals surface area contributed by atoms with Gasteiger partial charge in [0.25, 0.3) is 0 Å². The fourth-order valence-electron chi connectivity index (χ4n) is 3.98. The van der Waals surface area contributed by atoms with E-state index in [9.17, 15) is 18.0 Å². The van der Waals surface area contributed by atoms with Crippen molar-refractivity contribution in [1.82, 2.24) is 9.29 Å². The lowest BCUT2D eigenvalue weighted by atomic mass is 10.1. The van der Waals surface area contributed by atoms with Gasteiger partial charge in [-0.05, 0) is 37.1 Å². The number of amides is 2. The highest BCUT2D eigenvalue weighted by molar-refractivity contribution is 7.90. The van der Waals surface area contributed by atoms with Gasteiger partial charge in [0.1, 0.15) is 0 Å². The number of benzene rings is 1. The maximum absolute atomic E-state index is 12.8. The second kappa shape index (κ2) is 7.84. The summed E-state index contributed by atoms with van der Waals surface area (Å²) < 4.78 is 26.6. The van der Waals surface area contributed by atoms with Crippen molar-refractivity contribution in [3.63, 3.8) is 0 Å². The van der Waals surface area contributed by atoms with Gasteiger partial charge in [0, 0.05) is 48.1 Å². The molecule has 2 amide bonds. The van der Waals surface area contributed by atoms with Crippen molar-refractivity contribution in [3.8, 4) is 0 Å². The summed E-state index contributed by atoms with van der Waals surface area (Å²) in [5, 5.41) is 3.64. The Morgan fingerprint density at radius 2 is 1.97 bits per heavy atom.